The first-order valence-corrected chi connectivity index (χ1v) is 10.6. The number of nitro benzene ring substituents is 1. The van der Waals surface area contributed by atoms with Crippen molar-refractivity contribution in [1.82, 2.24) is 4.98 Å². The van der Waals surface area contributed by atoms with Gasteiger partial charge >= 0.3 is 5.91 Å². The number of aromatic nitrogens is 1. The lowest BCUT2D eigenvalue weighted by molar-refractivity contribution is -0.384. The molecule has 1 aliphatic heterocycles. The zero-order chi connectivity index (χ0) is 23.5. The second kappa shape index (κ2) is 9.05. The molecule has 0 aliphatic carbocycles. The van der Waals surface area contributed by atoms with Crippen molar-refractivity contribution < 1.29 is 24.4 Å². The van der Waals surface area contributed by atoms with E-state index in [0.29, 0.717) is 17.9 Å². The lowest BCUT2D eigenvalue weighted by Crippen LogP contribution is -2.29. The van der Waals surface area contributed by atoms with Crippen LogP contribution in [0.4, 0.5) is 10.8 Å². The molecule has 2 heterocycles. The fourth-order valence-electron chi connectivity index (χ4n) is 3.51. The van der Waals surface area contributed by atoms with Gasteiger partial charge in [0.1, 0.15) is 18.1 Å². The van der Waals surface area contributed by atoms with E-state index in [1.807, 2.05) is 0 Å². The standard InChI is InChI=1S/C23H17N3O6S/c1-2-11-32-17-8-6-14(7-9-17)20(27)18-19(15-4-3-5-16(13-15)26(30)31)25(22(29)21(18)28)23-24-10-12-33-23/h2-10,12-13,19,27H,1,11H2. The predicted molar refractivity (Wildman–Crippen MR) is 122 cm³/mol. The van der Waals surface area contributed by atoms with Crippen LogP contribution >= 0.6 is 11.3 Å². The average Bonchev–Trinajstić information content (AvgIpc) is 3.44. The van der Waals surface area contributed by atoms with Crippen LogP contribution in [0.25, 0.3) is 5.76 Å². The molecule has 0 saturated carbocycles. The summed E-state index contributed by atoms with van der Waals surface area (Å²) in [5.41, 5.74) is 0.191. The Bertz CT molecular complexity index is 1270. The molecule has 1 N–H and O–H groups in total. The molecule has 4 rings (SSSR count). The van der Waals surface area contributed by atoms with Gasteiger partial charge in [-0.05, 0) is 29.8 Å². The third-order valence-corrected chi connectivity index (χ3v) is 5.73. The van der Waals surface area contributed by atoms with E-state index in [0.717, 1.165) is 16.2 Å². The van der Waals surface area contributed by atoms with Gasteiger partial charge in [-0.2, -0.15) is 0 Å². The minimum Gasteiger partial charge on any atom is -0.507 e. The van der Waals surface area contributed by atoms with Crippen LogP contribution in [0.5, 0.6) is 5.75 Å². The van der Waals surface area contributed by atoms with E-state index >= 15 is 0 Å². The first-order chi connectivity index (χ1) is 15.9. The Hall–Kier alpha value is -4.31. The van der Waals surface area contributed by atoms with Gasteiger partial charge in [-0.1, -0.05) is 24.8 Å². The molecule has 1 atom stereocenters. The number of aliphatic hydroxyl groups excluding tert-OH is 1. The Morgan fingerprint density at radius 3 is 2.67 bits per heavy atom. The molecule has 0 spiro atoms. The fourth-order valence-corrected chi connectivity index (χ4v) is 4.18. The highest BCUT2D eigenvalue weighted by Gasteiger charge is 2.48. The third-order valence-electron chi connectivity index (χ3n) is 4.96. The van der Waals surface area contributed by atoms with Gasteiger partial charge in [0.2, 0.25) is 0 Å². The molecule has 3 aromatic rings. The second-order valence-electron chi connectivity index (χ2n) is 6.96. The quantitative estimate of drug-likeness (QED) is 0.139. The molecule has 10 heteroatoms. The molecule has 2 aromatic carbocycles. The number of non-ortho nitro benzene ring substituents is 1. The van der Waals surface area contributed by atoms with Crippen molar-refractivity contribution in [2.24, 2.45) is 0 Å². The molecule has 1 aliphatic rings. The van der Waals surface area contributed by atoms with E-state index in [4.69, 9.17) is 4.74 Å². The lowest BCUT2D eigenvalue weighted by Gasteiger charge is -2.22. The highest BCUT2D eigenvalue weighted by molar-refractivity contribution is 7.14. The van der Waals surface area contributed by atoms with Crippen LogP contribution in [0, 0.1) is 10.1 Å². The minimum atomic E-state index is -1.09. The number of thiazole rings is 1. The zero-order valence-corrected chi connectivity index (χ0v) is 17.9. The van der Waals surface area contributed by atoms with Gasteiger partial charge in [0, 0.05) is 29.3 Å². The minimum absolute atomic E-state index is 0.185. The Morgan fingerprint density at radius 1 is 1.27 bits per heavy atom. The zero-order valence-electron chi connectivity index (χ0n) is 17.1. The van der Waals surface area contributed by atoms with Crippen molar-refractivity contribution in [3.63, 3.8) is 0 Å². The van der Waals surface area contributed by atoms with E-state index < -0.39 is 28.4 Å². The molecule has 1 saturated heterocycles. The third kappa shape index (κ3) is 4.11. The molecule has 0 bridgehead atoms. The van der Waals surface area contributed by atoms with Gasteiger partial charge in [-0.25, -0.2) is 4.98 Å². The van der Waals surface area contributed by atoms with Crippen LogP contribution in [-0.2, 0) is 9.59 Å². The number of ether oxygens (including phenoxy) is 1. The maximum atomic E-state index is 13.0. The molecular formula is C23H17N3O6S. The predicted octanol–water partition coefficient (Wildman–Crippen LogP) is 4.24. The topological polar surface area (TPSA) is 123 Å². The van der Waals surface area contributed by atoms with Crippen LogP contribution in [0.1, 0.15) is 17.2 Å². The van der Waals surface area contributed by atoms with E-state index in [1.165, 1.54) is 24.4 Å². The smallest absolute Gasteiger partial charge is 0.301 e. The summed E-state index contributed by atoms with van der Waals surface area (Å²) in [6, 6.07) is 10.8. The fraction of sp³-hybridized carbons (Fsp3) is 0.0870. The number of rotatable bonds is 7. The Kier molecular flexibility index (Phi) is 6.01. The van der Waals surface area contributed by atoms with Crippen molar-refractivity contribution in [3.05, 3.63) is 99.6 Å². The van der Waals surface area contributed by atoms with Crippen LogP contribution in [0.3, 0.4) is 0 Å². The number of carbonyl (C=O) groups excluding carboxylic acids is 2. The van der Waals surface area contributed by atoms with Crippen molar-refractivity contribution in [2.75, 3.05) is 11.5 Å². The summed E-state index contributed by atoms with van der Waals surface area (Å²) >= 11 is 1.13. The number of benzene rings is 2. The van der Waals surface area contributed by atoms with Crippen LogP contribution < -0.4 is 9.64 Å². The van der Waals surface area contributed by atoms with Gasteiger partial charge in [-0.3, -0.25) is 24.6 Å². The largest absolute Gasteiger partial charge is 0.507 e. The summed E-state index contributed by atoms with van der Waals surface area (Å²) in [4.78, 5) is 42.0. The van der Waals surface area contributed by atoms with Crippen molar-refractivity contribution in [2.45, 2.75) is 6.04 Å². The van der Waals surface area contributed by atoms with E-state index in [9.17, 15) is 24.8 Å². The molecule has 166 valence electrons. The normalized spacial score (nSPS) is 17.2. The van der Waals surface area contributed by atoms with Gasteiger partial charge in [0.25, 0.3) is 11.5 Å². The van der Waals surface area contributed by atoms with Crippen LogP contribution in [0.15, 0.2) is 78.3 Å². The van der Waals surface area contributed by atoms with E-state index in [2.05, 4.69) is 11.6 Å². The number of anilines is 1. The van der Waals surface area contributed by atoms with Crippen LogP contribution in [0.2, 0.25) is 0 Å². The number of carbonyl (C=O) groups is 2. The number of hydrogen-bond donors (Lipinski definition) is 1. The Morgan fingerprint density at radius 2 is 2.03 bits per heavy atom. The number of Topliss-reactive ketones (excluding diaryl/α,β-unsaturated/α-hetero) is 1. The highest BCUT2D eigenvalue weighted by Crippen LogP contribution is 2.43. The SMILES string of the molecule is C=CCOc1ccc(C(O)=C2C(=O)C(=O)N(c3nccs3)C2c2cccc([N+](=O)[O-])c2)cc1. The van der Waals surface area contributed by atoms with E-state index in [1.54, 1.807) is 41.8 Å². The summed E-state index contributed by atoms with van der Waals surface area (Å²) in [5.74, 6) is -1.66. The molecule has 1 fully saturated rings. The van der Waals surface area contributed by atoms with Gasteiger partial charge < -0.3 is 9.84 Å². The molecular weight excluding hydrogens is 446 g/mol. The summed E-state index contributed by atoms with van der Waals surface area (Å²) in [5, 5.41) is 24.3. The number of amides is 1. The lowest BCUT2D eigenvalue weighted by atomic mass is 9.95. The summed E-state index contributed by atoms with van der Waals surface area (Å²) in [6.07, 6.45) is 3.07. The monoisotopic (exact) mass is 463 g/mol. The Balaban J connectivity index is 1.86. The highest BCUT2D eigenvalue weighted by atomic mass is 32.1. The molecule has 33 heavy (non-hydrogen) atoms. The second-order valence-corrected chi connectivity index (χ2v) is 7.83. The molecule has 1 aromatic heterocycles. The number of nitrogens with zero attached hydrogens (tertiary/aromatic N) is 3. The molecule has 1 unspecified atom stereocenters. The van der Waals surface area contributed by atoms with Crippen molar-refractivity contribution >= 4 is 39.6 Å². The van der Waals surface area contributed by atoms with Gasteiger partial charge in [0.15, 0.2) is 5.13 Å². The summed E-state index contributed by atoms with van der Waals surface area (Å²) in [7, 11) is 0. The van der Waals surface area contributed by atoms with Crippen LogP contribution in [-0.4, -0.2) is 33.3 Å². The first-order valence-electron chi connectivity index (χ1n) is 9.71. The number of ketones is 1. The number of aliphatic hydroxyl groups is 1. The van der Waals surface area contributed by atoms with Gasteiger partial charge in [0.05, 0.1) is 16.5 Å². The molecule has 0 radical (unpaired) electrons. The average molecular weight is 463 g/mol. The molecule has 9 nitrogen and oxygen atoms in total. The number of nitro groups is 1. The summed E-state index contributed by atoms with van der Waals surface area (Å²) < 4.78 is 5.43. The van der Waals surface area contributed by atoms with Gasteiger partial charge in [-0.15, -0.1) is 11.3 Å². The first kappa shape index (κ1) is 21.9. The van der Waals surface area contributed by atoms with Crippen molar-refractivity contribution in [3.8, 4) is 5.75 Å². The molecule has 1 amide bonds. The maximum Gasteiger partial charge on any atom is 0.301 e. The van der Waals surface area contributed by atoms with E-state index in [-0.39, 0.29) is 22.0 Å². The maximum absolute atomic E-state index is 13.0. The Labute approximate surface area is 192 Å². The number of hydrogen-bond acceptors (Lipinski definition) is 8. The van der Waals surface area contributed by atoms with Crippen molar-refractivity contribution in [1.29, 1.82) is 0 Å². The summed E-state index contributed by atoms with van der Waals surface area (Å²) in [6.45, 7) is 3.88.